The van der Waals surface area contributed by atoms with Crippen molar-refractivity contribution in [2.75, 3.05) is 13.1 Å². The predicted octanol–water partition coefficient (Wildman–Crippen LogP) is 3.76. The zero-order valence-corrected chi connectivity index (χ0v) is 13.9. The Bertz CT molecular complexity index is 550. The van der Waals surface area contributed by atoms with E-state index in [0.29, 0.717) is 13.1 Å². The van der Waals surface area contributed by atoms with Crippen molar-refractivity contribution >= 4 is 12.4 Å². The molecule has 1 heterocycles. The molecular formula is C18H24FNO3. The fraction of sp³-hybridized carbons (Fsp3) is 0.556. The molecule has 5 heteroatoms. The quantitative estimate of drug-likeness (QED) is 0.797. The molecule has 0 radical (unpaired) electrons. The number of carbonyl (C=O) groups excluding carboxylic acids is 2. The standard InChI is InChI=1S/C18H24FNO3/c1-18(2,3)23-17(22)20-10-4-5-14(11-20)16(12-21)13-6-8-15(19)9-7-13/h6-9,12,14,16H,4-5,10-11H2,1-3H3. The van der Waals surface area contributed by atoms with Gasteiger partial charge in [0.2, 0.25) is 0 Å². The molecule has 0 saturated carbocycles. The zero-order valence-electron chi connectivity index (χ0n) is 13.9. The monoisotopic (exact) mass is 321 g/mol. The summed E-state index contributed by atoms with van der Waals surface area (Å²) in [5, 5.41) is 0. The van der Waals surface area contributed by atoms with Gasteiger partial charge in [-0.25, -0.2) is 9.18 Å². The molecule has 4 nitrogen and oxygen atoms in total. The van der Waals surface area contributed by atoms with Crippen molar-refractivity contribution in [3.63, 3.8) is 0 Å². The Kier molecular flexibility index (Phi) is 5.39. The largest absolute Gasteiger partial charge is 0.444 e. The lowest BCUT2D eigenvalue weighted by Crippen LogP contribution is -2.44. The van der Waals surface area contributed by atoms with Gasteiger partial charge in [-0.3, -0.25) is 0 Å². The lowest BCUT2D eigenvalue weighted by molar-refractivity contribution is -0.110. The second-order valence-corrected chi connectivity index (χ2v) is 7.04. The molecule has 1 aliphatic heterocycles. The van der Waals surface area contributed by atoms with Gasteiger partial charge in [0, 0.05) is 19.0 Å². The highest BCUT2D eigenvalue weighted by molar-refractivity contribution is 5.69. The van der Waals surface area contributed by atoms with Crippen LogP contribution in [0.1, 0.15) is 45.1 Å². The molecule has 0 aliphatic carbocycles. The molecule has 1 aromatic rings. The second-order valence-electron chi connectivity index (χ2n) is 7.04. The molecule has 1 saturated heterocycles. The number of nitrogens with zero attached hydrogens (tertiary/aromatic N) is 1. The number of likely N-dealkylation sites (tertiary alicyclic amines) is 1. The van der Waals surface area contributed by atoms with E-state index in [1.54, 1.807) is 17.0 Å². The number of carbonyl (C=O) groups is 2. The minimum absolute atomic E-state index is 0.0271. The highest BCUT2D eigenvalue weighted by Crippen LogP contribution is 2.31. The van der Waals surface area contributed by atoms with Crippen LogP contribution in [0.15, 0.2) is 24.3 Å². The Morgan fingerprint density at radius 2 is 2.00 bits per heavy atom. The van der Waals surface area contributed by atoms with Gasteiger partial charge in [0.15, 0.2) is 0 Å². The zero-order chi connectivity index (χ0) is 17.0. The Labute approximate surface area is 136 Å². The summed E-state index contributed by atoms with van der Waals surface area (Å²) in [6, 6.07) is 6.00. The predicted molar refractivity (Wildman–Crippen MR) is 85.7 cm³/mol. The molecule has 1 aromatic carbocycles. The minimum Gasteiger partial charge on any atom is -0.444 e. The highest BCUT2D eigenvalue weighted by Gasteiger charge is 2.32. The van der Waals surface area contributed by atoms with Gasteiger partial charge in [0.05, 0.1) is 0 Å². The molecule has 1 fully saturated rings. The Hall–Kier alpha value is -1.91. The summed E-state index contributed by atoms with van der Waals surface area (Å²) in [5.74, 6) is -0.627. The van der Waals surface area contributed by atoms with Gasteiger partial charge < -0.3 is 14.4 Å². The van der Waals surface area contributed by atoms with Crippen LogP contribution < -0.4 is 0 Å². The molecular weight excluding hydrogens is 297 g/mol. The molecule has 1 amide bonds. The summed E-state index contributed by atoms with van der Waals surface area (Å²) >= 11 is 0. The van der Waals surface area contributed by atoms with E-state index in [4.69, 9.17) is 4.74 Å². The van der Waals surface area contributed by atoms with Gasteiger partial charge >= 0.3 is 6.09 Å². The maximum atomic E-state index is 13.1. The van der Waals surface area contributed by atoms with Gasteiger partial charge in [0.1, 0.15) is 17.7 Å². The molecule has 2 rings (SSSR count). The molecule has 2 atom stereocenters. The summed E-state index contributed by atoms with van der Waals surface area (Å²) in [6.07, 6.45) is 2.25. The van der Waals surface area contributed by atoms with Gasteiger partial charge in [-0.1, -0.05) is 12.1 Å². The van der Waals surface area contributed by atoms with E-state index in [1.165, 1.54) is 12.1 Å². The lowest BCUT2D eigenvalue weighted by Gasteiger charge is -2.36. The summed E-state index contributed by atoms with van der Waals surface area (Å²) in [4.78, 5) is 25.4. The van der Waals surface area contributed by atoms with Crippen LogP contribution in [0.4, 0.5) is 9.18 Å². The summed E-state index contributed by atoms with van der Waals surface area (Å²) in [5.41, 5.74) is 0.253. The first-order valence-corrected chi connectivity index (χ1v) is 7.99. The van der Waals surface area contributed by atoms with Crippen LogP contribution in [0, 0.1) is 11.7 Å². The van der Waals surface area contributed by atoms with Gasteiger partial charge in [-0.2, -0.15) is 0 Å². The molecule has 0 spiro atoms. The number of piperidine rings is 1. The van der Waals surface area contributed by atoms with E-state index in [2.05, 4.69) is 0 Å². The van der Waals surface area contributed by atoms with E-state index < -0.39 is 5.60 Å². The average Bonchev–Trinajstić information content (AvgIpc) is 2.48. The number of rotatable bonds is 3. The minimum atomic E-state index is -0.537. The van der Waals surface area contributed by atoms with Crippen LogP contribution >= 0.6 is 0 Å². The van der Waals surface area contributed by atoms with Crippen LogP contribution in [0.5, 0.6) is 0 Å². The summed E-state index contributed by atoms with van der Waals surface area (Å²) in [6.45, 7) is 6.62. The smallest absolute Gasteiger partial charge is 0.410 e. The Balaban J connectivity index is 2.08. The number of aldehydes is 1. The number of hydrogen-bond donors (Lipinski definition) is 0. The van der Waals surface area contributed by atoms with Crippen molar-refractivity contribution in [1.29, 1.82) is 0 Å². The van der Waals surface area contributed by atoms with Crippen molar-refractivity contribution < 1.29 is 18.7 Å². The number of hydrogen-bond acceptors (Lipinski definition) is 3. The van der Waals surface area contributed by atoms with Crippen molar-refractivity contribution in [3.05, 3.63) is 35.6 Å². The first-order chi connectivity index (χ1) is 10.8. The van der Waals surface area contributed by atoms with Crippen LogP contribution in [-0.4, -0.2) is 36.0 Å². The first-order valence-electron chi connectivity index (χ1n) is 7.99. The third kappa shape index (κ3) is 4.78. The Morgan fingerprint density at radius 3 is 2.57 bits per heavy atom. The van der Waals surface area contributed by atoms with Crippen LogP contribution in [0.25, 0.3) is 0 Å². The van der Waals surface area contributed by atoms with Crippen molar-refractivity contribution in [3.8, 4) is 0 Å². The van der Waals surface area contributed by atoms with Crippen LogP contribution in [-0.2, 0) is 9.53 Å². The van der Waals surface area contributed by atoms with Crippen LogP contribution in [0.3, 0.4) is 0 Å². The summed E-state index contributed by atoms with van der Waals surface area (Å²) in [7, 11) is 0. The molecule has 126 valence electrons. The number of ether oxygens (including phenoxy) is 1. The topological polar surface area (TPSA) is 46.6 Å². The van der Waals surface area contributed by atoms with Crippen molar-refractivity contribution in [1.82, 2.24) is 4.90 Å². The third-order valence-electron chi connectivity index (χ3n) is 4.02. The fourth-order valence-corrected chi connectivity index (χ4v) is 2.94. The van der Waals surface area contributed by atoms with Gasteiger partial charge in [-0.05, 0) is 57.2 Å². The molecule has 0 aromatic heterocycles. The molecule has 0 N–H and O–H groups in total. The van der Waals surface area contributed by atoms with Crippen molar-refractivity contribution in [2.24, 2.45) is 5.92 Å². The summed E-state index contributed by atoms with van der Waals surface area (Å²) < 4.78 is 18.5. The molecule has 23 heavy (non-hydrogen) atoms. The van der Waals surface area contributed by atoms with E-state index in [-0.39, 0.29) is 23.7 Å². The van der Waals surface area contributed by atoms with Crippen LogP contribution in [0.2, 0.25) is 0 Å². The maximum absolute atomic E-state index is 13.1. The van der Waals surface area contributed by atoms with Gasteiger partial charge in [0.25, 0.3) is 0 Å². The Morgan fingerprint density at radius 1 is 1.35 bits per heavy atom. The maximum Gasteiger partial charge on any atom is 0.410 e. The fourth-order valence-electron chi connectivity index (χ4n) is 2.94. The second kappa shape index (κ2) is 7.11. The van der Waals surface area contributed by atoms with E-state index in [1.807, 2.05) is 20.8 Å². The van der Waals surface area contributed by atoms with E-state index in [0.717, 1.165) is 24.7 Å². The average molecular weight is 321 g/mol. The highest BCUT2D eigenvalue weighted by atomic mass is 19.1. The molecule has 0 bridgehead atoms. The number of amides is 1. The molecule has 2 unspecified atom stereocenters. The van der Waals surface area contributed by atoms with E-state index >= 15 is 0 Å². The number of benzene rings is 1. The third-order valence-corrected chi connectivity index (χ3v) is 4.02. The number of halogens is 1. The van der Waals surface area contributed by atoms with Crippen molar-refractivity contribution in [2.45, 2.75) is 45.1 Å². The molecule has 1 aliphatic rings. The van der Waals surface area contributed by atoms with Gasteiger partial charge in [-0.15, -0.1) is 0 Å². The lowest BCUT2D eigenvalue weighted by atomic mass is 9.82. The van der Waals surface area contributed by atoms with E-state index in [9.17, 15) is 14.0 Å². The normalized spacial score (nSPS) is 20.0. The SMILES string of the molecule is CC(C)(C)OC(=O)N1CCCC(C(C=O)c2ccc(F)cc2)C1. The first kappa shape index (κ1) is 17.4.